The van der Waals surface area contributed by atoms with Crippen LogP contribution >= 0.6 is 0 Å². The molecule has 0 bridgehead atoms. The Hall–Kier alpha value is -1.10. The van der Waals surface area contributed by atoms with E-state index >= 15 is 0 Å². The molecule has 2 atom stereocenters. The predicted molar refractivity (Wildman–Crippen MR) is 52.1 cm³/mol. The zero-order valence-electron chi connectivity index (χ0n) is 8.40. The molecule has 0 aromatic heterocycles. The summed E-state index contributed by atoms with van der Waals surface area (Å²) in [5.41, 5.74) is 10.5. The SMILES string of the molecule is CC1CCN(C(=O)C(N)CC(N)=O)C1. The highest BCUT2D eigenvalue weighted by atomic mass is 16.2. The van der Waals surface area contributed by atoms with Crippen LogP contribution in [0.2, 0.25) is 0 Å². The first-order valence-electron chi connectivity index (χ1n) is 4.83. The van der Waals surface area contributed by atoms with Crippen LogP contribution in [0.25, 0.3) is 0 Å². The number of likely N-dealkylation sites (tertiary alicyclic amines) is 1. The molecular formula is C9H17N3O2. The molecule has 0 aliphatic carbocycles. The summed E-state index contributed by atoms with van der Waals surface area (Å²) in [5.74, 6) is -0.161. The van der Waals surface area contributed by atoms with Gasteiger partial charge in [-0.15, -0.1) is 0 Å². The number of nitrogens with zero attached hydrogens (tertiary/aromatic N) is 1. The Morgan fingerprint density at radius 3 is 2.64 bits per heavy atom. The quantitative estimate of drug-likeness (QED) is 0.614. The maximum atomic E-state index is 11.6. The molecule has 5 nitrogen and oxygen atoms in total. The lowest BCUT2D eigenvalue weighted by Gasteiger charge is -2.19. The van der Waals surface area contributed by atoms with Crippen LogP contribution in [0.4, 0.5) is 0 Å². The lowest BCUT2D eigenvalue weighted by Crippen LogP contribution is -2.44. The molecule has 2 amide bonds. The van der Waals surface area contributed by atoms with E-state index in [4.69, 9.17) is 11.5 Å². The summed E-state index contributed by atoms with van der Waals surface area (Å²) in [6.45, 7) is 3.57. The lowest BCUT2D eigenvalue weighted by atomic mass is 10.1. The molecule has 1 aliphatic heterocycles. The number of nitrogens with two attached hydrogens (primary N) is 2. The first-order chi connectivity index (χ1) is 6.50. The van der Waals surface area contributed by atoms with E-state index in [1.807, 2.05) is 0 Å². The van der Waals surface area contributed by atoms with E-state index in [0.717, 1.165) is 19.5 Å². The third kappa shape index (κ3) is 2.70. The van der Waals surface area contributed by atoms with Crippen LogP contribution in [0.1, 0.15) is 19.8 Å². The highest BCUT2D eigenvalue weighted by Gasteiger charge is 2.27. The van der Waals surface area contributed by atoms with Gasteiger partial charge in [-0.3, -0.25) is 9.59 Å². The Kier molecular flexibility index (Phi) is 3.46. The molecule has 0 aromatic rings. The molecule has 0 saturated carbocycles. The summed E-state index contributed by atoms with van der Waals surface area (Å²) in [6.07, 6.45) is 0.943. The molecule has 0 spiro atoms. The molecule has 0 aromatic carbocycles. The van der Waals surface area contributed by atoms with Gasteiger partial charge in [0.05, 0.1) is 12.5 Å². The minimum absolute atomic E-state index is 0.0658. The van der Waals surface area contributed by atoms with Gasteiger partial charge >= 0.3 is 0 Å². The molecule has 5 heteroatoms. The summed E-state index contributed by atoms with van der Waals surface area (Å²) in [6, 6.07) is -0.766. The topological polar surface area (TPSA) is 89.4 Å². The number of hydrogen-bond donors (Lipinski definition) is 2. The molecule has 80 valence electrons. The smallest absolute Gasteiger partial charge is 0.240 e. The fourth-order valence-corrected chi connectivity index (χ4v) is 1.67. The zero-order valence-corrected chi connectivity index (χ0v) is 8.40. The van der Waals surface area contributed by atoms with Crippen molar-refractivity contribution in [3.8, 4) is 0 Å². The number of hydrogen-bond acceptors (Lipinski definition) is 3. The van der Waals surface area contributed by atoms with Gasteiger partial charge in [-0.25, -0.2) is 0 Å². The molecular weight excluding hydrogens is 182 g/mol. The number of primary amides is 1. The van der Waals surface area contributed by atoms with E-state index in [2.05, 4.69) is 6.92 Å². The molecule has 2 unspecified atom stereocenters. The second kappa shape index (κ2) is 4.41. The monoisotopic (exact) mass is 199 g/mol. The largest absolute Gasteiger partial charge is 0.370 e. The van der Waals surface area contributed by atoms with Gasteiger partial charge in [-0.1, -0.05) is 6.92 Å². The molecule has 4 N–H and O–H groups in total. The second-order valence-electron chi connectivity index (χ2n) is 3.96. The standard InChI is InChI=1S/C9H17N3O2/c1-6-2-3-12(5-6)9(14)7(10)4-8(11)13/h6-7H,2-5,10H2,1H3,(H2,11,13). The minimum Gasteiger partial charge on any atom is -0.370 e. The van der Waals surface area contributed by atoms with E-state index in [-0.39, 0.29) is 12.3 Å². The van der Waals surface area contributed by atoms with E-state index in [1.54, 1.807) is 4.90 Å². The third-order valence-corrected chi connectivity index (χ3v) is 2.47. The van der Waals surface area contributed by atoms with Crippen molar-refractivity contribution < 1.29 is 9.59 Å². The average molecular weight is 199 g/mol. The van der Waals surface area contributed by atoms with E-state index in [9.17, 15) is 9.59 Å². The Bertz CT molecular complexity index is 242. The summed E-state index contributed by atoms with van der Waals surface area (Å²) in [7, 11) is 0. The summed E-state index contributed by atoms with van der Waals surface area (Å²) in [5, 5.41) is 0. The fraction of sp³-hybridized carbons (Fsp3) is 0.778. The summed E-state index contributed by atoms with van der Waals surface area (Å²) < 4.78 is 0. The van der Waals surface area contributed by atoms with Crippen LogP contribution in [0.3, 0.4) is 0 Å². The Labute approximate surface area is 83.4 Å². The highest BCUT2D eigenvalue weighted by molar-refractivity contribution is 5.87. The summed E-state index contributed by atoms with van der Waals surface area (Å²) >= 11 is 0. The van der Waals surface area contributed by atoms with E-state index < -0.39 is 11.9 Å². The maximum absolute atomic E-state index is 11.6. The van der Waals surface area contributed by atoms with Gasteiger partial charge in [0.25, 0.3) is 0 Å². The number of amides is 2. The fourth-order valence-electron chi connectivity index (χ4n) is 1.67. The van der Waals surface area contributed by atoms with Gasteiger partial charge in [-0.05, 0) is 12.3 Å². The van der Waals surface area contributed by atoms with Crippen molar-refractivity contribution in [1.82, 2.24) is 4.90 Å². The van der Waals surface area contributed by atoms with E-state index in [0.29, 0.717) is 5.92 Å². The first kappa shape index (κ1) is 11.0. The average Bonchev–Trinajstić information content (AvgIpc) is 2.49. The Morgan fingerprint density at radius 2 is 2.21 bits per heavy atom. The van der Waals surface area contributed by atoms with Gasteiger partial charge in [-0.2, -0.15) is 0 Å². The van der Waals surface area contributed by atoms with Gasteiger partial charge in [0, 0.05) is 13.1 Å². The normalized spacial score (nSPS) is 23.6. The molecule has 0 radical (unpaired) electrons. The molecule has 1 saturated heterocycles. The highest BCUT2D eigenvalue weighted by Crippen LogP contribution is 2.15. The zero-order chi connectivity index (χ0) is 10.7. The van der Waals surface area contributed by atoms with Crippen molar-refractivity contribution in [2.45, 2.75) is 25.8 Å². The first-order valence-corrected chi connectivity index (χ1v) is 4.83. The van der Waals surface area contributed by atoms with E-state index in [1.165, 1.54) is 0 Å². The molecule has 1 rings (SSSR count). The van der Waals surface area contributed by atoms with Crippen molar-refractivity contribution >= 4 is 11.8 Å². The van der Waals surface area contributed by atoms with Crippen molar-refractivity contribution in [3.63, 3.8) is 0 Å². The molecule has 14 heavy (non-hydrogen) atoms. The number of carbonyl (C=O) groups is 2. The molecule has 1 aliphatic rings. The van der Waals surface area contributed by atoms with Crippen molar-refractivity contribution in [1.29, 1.82) is 0 Å². The van der Waals surface area contributed by atoms with Crippen molar-refractivity contribution in [3.05, 3.63) is 0 Å². The van der Waals surface area contributed by atoms with Crippen molar-refractivity contribution in [2.24, 2.45) is 17.4 Å². The van der Waals surface area contributed by atoms with Gasteiger partial charge < -0.3 is 16.4 Å². The van der Waals surface area contributed by atoms with Crippen LogP contribution in [0.15, 0.2) is 0 Å². The third-order valence-electron chi connectivity index (χ3n) is 2.47. The van der Waals surface area contributed by atoms with Crippen LogP contribution in [-0.2, 0) is 9.59 Å². The van der Waals surface area contributed by atoms with Gasteiger partial charge in [0.15, 0.2) is 0 Å². The van der Waals surface area contributed by atoms with Gasteiger partial charge in [0.1, 0.15) is 0 Å². The second-order valence-corrected chi connectivity index (χ2v) is 3.96. The van der Waals surface area contributed by atoms with Crippen molar-refractivity contribution in [2.75, 3.05) is 13.1 Å². The van der Waals surface area contributed by atoms with Gasteiger partial charge in [0.2, 0.25) is 11.8 Å². The van der Waals surface area contributed by atoms with Crippen LogP contribution in [0.5, 0.6) is 0 Å². The van der Waals surface area contributed by atoms with Crippen LogP contribution < -0.4 is 11.5 Å². The number of carbonyl (C=O) groups excluding carboxylic acids is 2. The molecule has 1 heterocycles. The number of rotatable bonds is 3. The Morgan fingerprint density at radius 1 is 1.57 bits per heavy atom. The Balaban J connectivity index is 2.44. The predicted octanol–water partition coefficient (Wildman–Crippen LogP) is -0.942. The maximum Gasteiger partial charge on any atom is 0.240 e. The minimum atomic E-state index is -0.766. The summed E-state index contributed by atoms with van der Waals surface area (Å²) in [4.78, 5) is 23.9. The van der Waals surface area contributed by atoms with Crippen LogP contribution in [-0.4, -0.2) is 35.8 Å². The lowest BCUT2D eigenvalue weighted by molar-refractivity contribution is -0.133. The van der Waals surface area contributed by atoms with Crippen LogP contribution in [0, 0.1) is 5.92 Å². The molecule has 1 fully saturated rings.